The molecule has 40 heavy (non-hydrogen) atoms. The summed E-state index contributed by atoms with van der Waals surface area (Å²) in [5.74, 6) is 1.20. The number of esters is 1. The van der Waals surface area contributed by atoms with Crippen LogP contribution in [0.2, 0.25) is 0 Å². The molecule has 2 aromatic heterocycles. The van der Waals surface area contributed by atoms with Gasteiger partial charge in [-0.15, -0.1) is 0 Å². The second-order valence-corrected chi connectivity index (χ2v) is 10.3. The van der Waals surface area contributed by atoms with Crippen molar-refractivity contribution in [1.82, 2.24) is 9.66 Å². The van der Waals surface area contributed by atoms with Crippen molar-refractivity contribution in [1.29, 1.82) is 0 Å². The Bertz CT molecular complexity index is 1810. The molecule has 9 nitrogen and oxygen atoms in total. The van der Waals surface area contributed by atoms with Crippen molar-refractivity contribution in [2.24, 2.45) is 5.10 Å². The average molecular weight is 669 g/mol. The first-order valence-corrected chi connectivity index (χ1v) is 13.8. The molecule has 0 aliphatic rings. The van der Waals surface area contributed by atoms with Crippen molar-refractivity contribution in [2.45, 2.75) is 20.0 Å². The molecule has 0 bridgehead atoms. The first-order chi connectivity index (χ1) is 19.3. The van der Waals surface area contributed by atoms with Gasteiger partial charge in [0.05, 0.1) is 45.2 Å². The fourth-order valence-corrected chi connectivity index (χ4v) is 5.50. The minimum absolute atomic E-state index is 0.236. The minimum atomic E-state index is -0.806. The van der Waals surface area contributed by atoms with Crippen molar-refractivity contribution in [3.05, 3.63) is 85.5 Å². The first kappa shape index (κ1) is 27.6. The smallest absolute Gasteiger partial charge is 0.347 e. The van der Waals surface area contributed by atoms with E-state index in [0.717, 1.165) is 5.39 Å². The van der Waals surface area contributed by atoms with Crippen molar-refractivity contribution in [2.75, 3.05) is 13.7 Å². The van der Waals surface area contributed by atoms with Crippen LogP contribution in [0.25, 0.3) is 33.5 Å². The molecule has 0 saturated heterocycles. The predicted octanol–water partition coefficient (Wildman–Crippen LogP) is 6.56. The number of ether oxygens (including phenoxy) is 3. The second-order valence-electron chi connectivity index (χ2n) is 8.62. The maximum absolute atomic E-state index is 13.6. The van der Waals surface area contributed by atoms with Gasteiger partial charge in [-0.05, 0) is 93.7 Å². The molecule has 0 spiro atoms. The van der Waals surface area contributed by atoms with Crippen LogP contribution in [0.15, 0.2) is 83.9 Å². The Morgan fingerprint density at radius 3 is 2.58 bits per heavy atom. The minimum Gasteiger partial charge on any atom is -0.496 e. The van der Waals surface area contributed by atoms with Gasteiger partial charge in [-0.3, -0.25) is 4.79 Å². The second kappa shape index (κ2) is 11.6. The number of hydrogen-bond donors (Lipinski definition) is 0. The fourth-order valence-electron chi connectivity index (χ4n) is 4.09. The number of rotatable bonds is 8. The van der Waals surface area contributed by atoms with E-state index in [-0.39, 0.29) is 18.0 Å². The molecule has 0 aliphatic heterocycles. The van der Waals surface area contributed by atoms with Crippen LogP contribution in [0.1, 0.15) is 19.4 Å². The predicted molar refractivity (Wildman–Crippen MR) is 159 cm³/mol. The number of hydrogen-bond acceptors (Lipinski definition) is 8. The third-order valence-corrected chi connectivity index (χ3v) is 7.15. The lowest BCUT2D eigenvalue weighted by atomic mass is 10.2. The van der Waals surface area contributed by atoms with Crippen LogP contribution in [0.5, 0.6) is 11.5 Å². The van der Waals surface area contributed by atoms with Crippen LogP contribution in [-0.2, 0) is 9.53 Å². The molecule has 1 atom stereocenters. The summed E-state index contributed by atoms with van der Waals surface area (Å²) in [5.41, 5.74) is 1.40. The van der Waals surface area contributed by atoms with Crippen molar-refractivity contribution < 1.29 is 23.4 Å². The average Bonchev–Trinajstić information content (AvgIpc) is 3.39. The number of carbonyl (C=O) groups is 1. The number of methoxy groups -OCH3 is 1. The molecule has 5 rings (SSSR count). The van der Waals surface area contributed by atoms with E-state index in [1.807, 2.05) is 24.3 Å². The Kier molecular flexibility index (Phi) is 8.04. The van der Waals surface area contributed by atoms with Crippen LogP contribution in [-0.4, -0.2) is 41.7 Å². The Morgan fingerprint density at radius 2 is 1.85 bits per heavy atom. The Labute approximate surface area is 245 Å². The Balaban J connectivity index is 1.57. The van der Waals surface area contributed by atoms with Gasteiger partial charge in [0.1, 0.15) is 17.1 Å². The molecule has 0 N–H and O–H groups in total. The lowest BCUT2D eigenvalue weighted by Gasteiger charge is -2.16. The van der Waals surface area contributed by atoms with Crippen molar-refractivity contribution in [3.63, 3.8) is 0 Å². The zero-order chi connectivity index (χ0) is 28.4. The van der Waals surface area contributed by atoms with Crippen LogP contribution < -0.4 is 15.0 Å². The lowest BCUT2D eigenvalue weighted by molar-refractivity contribution is -0.150. The molecule has 5 aromatic rings. The number of aromatic nitrogens is 2. The van der Waals surface area contributed by atoms with Crippen molar-refractivity contribution >= 4 is 65.9 Å². The van der Waals surface area contributed by atoms with Gasteiger partial charge in [0.25, 0.3) is 5.56 Å². The van der Waals surface area contributed by atoms with E-state index in [1.165, 1.54) is 10.9 Å². The number of furan rings is 1. The molecule has 3 aromatic carbocycles. The summed E-state index contributed by atoms with van der Waals surface area (Å²) in [4.78, 5) is 30.3. The third-order valence-electron chi connectivity index (χ3n) is 5.97. The molecule has 204 valence electrons. The number of para-hydroxylation sites is 1. The fraction of sp³-hybridized carbons (Fsp3) is 0.172. The number of halogens is 2. The largest absolute Gasteiger partial charge is 0.496 e. The van der Waals surface area contributed by atoms with Crippen LogP contribution in [0.4, 0.5) is 0 Å². The standard InChI is InChI=1S/C29H23Br2N3O6/c1-4-38-29(36)16(2)39-26-20(30)12-17(13-21(26)31)15-32-34-27(33-22-9-6-5-8-18(22)28(34)35)25-14-19-23(37-3)10-7-11-24(19)40-25/h5-16H,4H2,1-3H3/t16-/m0/s1. The topological polar surface area (TPSA) is 105 Å². The van der Waals surface area contributed by atoms with Crippen LogP contribution in [0.3, 0.4) is 0 Å². The highest BCUT2D eigenvalue weighted by Crippen LogP contribution is 2.36. The molecule has 0 fully saturated rings. The third kappa shape index (κ3) is 5.39. The number of benzene rings is 3. The monoisotopic (exact) mass is 667 g/mol. The van der Waals surface area contributed by atoms with Gasteiger partial charge < -0.3 is 18.6 Å². The summed E-state index contributed by atoms with van der Waals surface area (Å²) in [6.45, 7) is 3.61. The van der Waals surface area contributed by atoms with Crippen LogP contribution >= 0.6 is 31.9 Å². The number of nitrogens with zero attached hydrogens (tertiary/aromatic N) is 3. The molecule has 2 heterocycles. The van der Waals surface area contributed by atoms with E-state index >= 15 is 0 Å². The normalized spacial score (nSPS) is 12.2. The highest BCUT2D eigenvalue weighted by Gasteiger charge is 2.20. The molecule has 0 amide bonds. The van der Waals surface area contributed by atoms with E-state index in [2.05, 4.69) is 37.0 Å². The van der Waals surface area contributed by atoms with E-state index in [1.54, 1.807) is 57.4 Å². The van der Waals surface area contributed by atoms with Gasteiger partial charge in [-0.2, -0.15) is 9.78 Å². The Morgan fingerprint density at radius 1 is 1.10 bits per heavy atom. The number of fused-ring (bicyclic) bond motifs is 2. The molecular formula is C29H23Br2N3O6. The van der Waals surface area contributed by atoms with Crippen LogP contribution in [0, 0.1) is 0 Å². The van der Waals surface area contributed by atoms with Crippen molar-refractivity contribution in [3.8, 4) is 23.1 Å². The summed E-state index contributed by atoms with van der Waals surface area (Å²) in [7, 11) is 1.58. The maximum atomic E-state index is 13.6. The van der Waals surface area contributed by atoms with E-state index in [9.17, 15) is 9.59 Å². The van der Waals surface area contributed by atoms with Gasteiger partial charge in [-0.1, -0.05) is 18.2 Å². The van der Waals surface area contributed by atoms with Gasteiger partial charge in [0, 0.05) is 0 Å². The molecular weight excluding hydrogens is 646 g/mol. The van der Waals surface area contributed by atoms with Gasteiger partial charge in [-0.25, -0.2) is 9.78 Å². The van der Waals surface area contributed by atoms with Gasteiger partial charge in [0.2, 0.25) is 5.82 Å². The van der Waals surface area contributed by atoms with E-state index in [4.69, 9.17) is 23.6 Å². The first-order valence-electron chi connectivity index (χ1n) is 12.3. The van der Waals surface area contributed by atoms with E-state index < -0.39 is 12.1 Å². The highest BCUT2D eigenvalue weighted by atomic mass is 79.9. The lowest BCUT2D eigenvalue weighted by Crippen LogP contribution is -2.26. The maximum Gasteiger partial charge on any atom is 0.347 e. The Hall–Kier alpha value is -3.96. The summed E-state index contributed by atoms with van der Waals surface area (Å²) >= 11 is 6.99. The SMILES string of the molecule is CCOC(=O)[C@H](C)Oc1c(Br)cc(C=Nn2c(-c3cc4c(OC)cccc4o3)nc3ccccc3c2=O)cc1Br. The number of carbonyl (C=O) groups excluding carboxylic acids is 1. The summed E-state index contributed by atoms with van der Waals surface area (Å²) in [6.07, 6.45) is 0.720. The highest BCUT2D eigenvalue weighted by molar-refractivity contribution is 9.11. The summed E-state index contributed by atoms with van der Waals surface area (Å²) in [5, 5.41) is 5.67. The molecule has 0 unspecified atom stereocenters. The van der Waals surface area contributed by atoms with Gasteiger partial charge in [0.15, 0.2) is 11.9 Å². The quantitative estimate of drug-likeness (QED) is 0.136. The zero-order valence-electron chi connectivity index (χ0n) is 21.7. The summed E-state index contributed by atoms with van der Waals surface area (Å²) in [6, 6.07) is 17.8. The molecule has 0 aliphatic carbocycles. The molecule has 11 heteroatoms. The molecule has 0 radical (unpaired) electrons. The summed E-state index contributed by atoms with van der Waals surface area (Å²) < 4.78 is 24.7. The van der Waals surface area contributed by atoms with E-state index in [0.29, 0.717) is 48.3 Å². The molecule has 0 saturated carbocycles. The zero-order valence-corrected chi connectivity index (χ0v) is 24.9. The van der Waals surface area contributed by atoms with Gasteiger partial charge >= 0.3 is 5.97 Å².